The van der Waals surface area contributed by atoms with Crippen LogP contribution in [-0.2, 0) is 9.59 Å². The number of carbonyl (C=O) groups is 2. The van der Waals surface area contributed by atoms with Crippen LogP contribution >= 0.6 is 11.6 Å². The van der Waals surface area contributed by atoms with Crippen molar-refractivity contribution < 1.29 is 14.7 Å². The van der Waals surface area contributed by atoms with Gasteiger partial charge in [-0.25, -0.2) is 4.79 Å². The molecule has 2 rings (SSSR count). The molecule has 0 saturated heterocycles. The van der Waals surface area contributed by atoms with Gasteiger partial charge >= 0.3 is 5.97 Å². The number of halogens is 1. The van der Waals surface area contributed by atoms with Gasteiger partial charge < -0.3 is 10.4 Å². The van der Waals surface area contributed by atoms with Gasteiger partial charge in [-0.2, -0.15) is 0 Å². The van der Waals surface area contributed by atoms with E-state index >= 15 is 0 Å². The zero-order valence-electron chi connectivity index (χ0n) is 9.02. The smallest absolute Gasteiger partial charge is 0.330 e. The lowest BCUT2D eigenvalue weighted by Crippen LogP contribution is -2.34. The molecule has 0 aliphatic heterocycles. The third-order valence-electron chi connectivity index (χ3n) is 2.66. The van der Waals surface area contributed by atoms with Crippen LogP contribution in [0.1, 0.15) is 24.4 Å². The molecule has 90 valence electrons. The average molecular weight is 254 g/mol. The summed E-state index contributed by atoms with van der Waals surface area (Å²) in [6, 6.07) is 5.48. The van der Waals surface area contributed by atoms with E-state index in [1.807, 2.05) is 0 Å². The van der Waals surface area contributed by atoms with Crippen LogP contribution in [0.4, 0.5) is 0 Å². The summed E-state index contributed by atoms with van der Waals surface area (Å²) in [6.45, 7) is 0. The highest BCUT2D eigenvalue weighted by atomic mass is 35.5. The molecule has 1 fully saturated rings. The molecule has 1 aliphatic rings. The molecule has 1 amide bonds. The minimum Gasteiger partial charge on any atom is -0.479 e. The van der Waals surface area contributed by atoms with E-state index in [1.165, 1.54) is 0 Å². The number of carboxylic acid groups (broad SMARTS) is 1. The Bertz CT molecular complexity index is 457. The third-order valence-corrected chi connectivity index (χ3v) is 2.90. The Morgan fingerprint density at radius 2 is 2.12 bits per heavy atom. The molecule has 5 heteroatoms. The maximum absolute atomic E-state index is 11.6. The number of amides is 1. The Morgan fingerprint density at radius 3 is 2.65 bits per heavy atom. The van der Waals surface area contributed by atoms with E-state index in [0.717, 1.165) is 12.8 Å². The molecule has 1 atom stereocenters. The minimum atomic E-state index is -1.08. The Labute approximate surface area is 104 Å². The van der Waals surface area contributed by atoms with Gasteiger partial charge in [0.2, 0.25) is 5.91 Å². The van der Waals surface area contributed by atoms with Crippen LogP contribution in [0.25, 0.3) is 0 Å². The van der Waals surface area contributed by atoms with Crippen molar-refractivity contribution in [3.05, 3.63) is 34.9 Å². The molecule has 17 heavy (non-hydrogen) atoms. The molecule has 0 heterocycles. The van der Waals surface area contributed by atoms with Gasteiger partial charge in [-0.3, -0.25) is 4.79 Å². The van der Waals surface area contributed by atoms with Crippen molar-refractivity contribution in [1.82, 2.24) is 5.32 Å². The van der Waals surface area contributed by atoms with E-state index < -0.39 is 12.0 Å². The summed E-state index contributed by atoms with van der Waals surface area (Å²) in [5.41, 5.74) is 0.485. The number of nitrogens with one attached hydrogen (secondary N) is 1. The lowest BCUT2D eigenvalue weighted by molar-refractivity contribution is -0.142. The quantitative estimate of drug-likeness (QED) is 0.862. The predicted octanol–water partition coefficient (Wildman–Crippen LogP) is 1.99. The Kier molecular flexibility index (Phi) is 3.33. The first kappa shape index (κ1) is 11.9. The monoisotopic (exact) mass is 253 g/mol. The summed E-state index contributed by atoms with van der Waals surface area (Å²) in [4.78, 5) is 22.7. The molecule has 0 aromatic heterocycles. The summed E-state index contributed by atoms with van der Waals surface area (Å²) in [6.07, 6.45) is 1.68. The average Bonchev–Trinajstić information content (AvgIpc) is 3.08. The highest BCUT2D eigenvalue weighted by Crippen LogP contribution is 2.30. The van der Waals surface area contributed by atoms with Gasteiger partial charge in [0.05, 0.1) is 0 Å². The lowest BCUT2D eigenvalue weighted by Gasteiger charge is -2.14. The highest BCUT2D eigenvalue weighted by molar-refractivity contribution is 6.30. The van der Waals surface area contributed by atoms with Gasteiger partial charge in [-0.1, -0.05) is 23.7 Å². The van der Waals surface area contributed by atoms with Gasteiger partial charge in [0.15, 0.2) is 6.04 Å². The van der Waals surface area contributed by atoms with Crippen LogP contribution in [0, 0.1) is 5.92 Å². The summed E-state index contributed by atoms with van der Waals surface area (Å²) in [7, 11) is 0. The zero-order chi connectivity index (χ0) is 12.4. The standard InChI is InChI=1S/C12H12ClNO3/c13-9-3-1-2-8(6-9)10(12(16)17)14-11(15)7-4-5-7/h1-3,6-7,10H,4-5H2,(H,14,15)(H,16,17). The molecule has 2 N–H and O–H groups in total. The van der Waals surface area contributed by atoms with E-state index in [1.54, 1.807) is 24.3 Å². The van der Waals surface area contributed by atoms with Gasteiger partial charge in [-0.05, 0) is 30.5 Å². The molecular formula is C12H12ClNO3. The van der Waals surface area contributed by atoms with Crippen LogP contribution in [0.5, 0.6) is 0 Å². The summed E-state index contributed by atoms with van der Waals surface area (Å²) in [5.74, 6) is -1.30. The van der Waals surface area contributed by atoms with E-state index in [2.05, 4.69) is 5.32 Å². The molecule has 1 saturated carbocycles. The van der Waals surface area contributed by atoms with E-state index in [4.69, 9.17) is 16.7 Å². The predicted molar refractivity (Wildman–Crippen MR) is 62.7 cm³/mol. The first-order valence-corrected chi connectivity index (χ1v) is 5.74. The number of hydrogen-bond acceptors (Lipinski definition) is 2. The third kappa shape index (κ3) is 2.97. The number of hydrogen-bond donors (Lipinski definition) is 2. The molecule has 1 unspecified atom stereocenters. The van der Waals surface area contributed by atoms with Gasteiger partial charge in [0.25, 0.3) is 0 Å². The van der Waals surface area contributed by atoms with Crippen molar-refractivity contribution in [2.24, 2.45) is 5.92 Å². The lowest BCUT2D eigenvalue weighted by atomic mass is 10.1. The summed E-state index contributed by atoms with van der Waals surface area (Å²) in [5, 5.41) is 12.1. The Balaban J connectivity index is 2.16. The number of carboxylic acids is 1. The fraction of sp³-hybridized carbons (Fsp3) is 0.333. The topological polar surface area (TPSA) is 66.4 Å². The van der Waals surface area contributed by atoms with Crippen molar-refractivity contribution >= 4 is 23.5 Å². The van der Waals surface area contributed by atoms with Crippen LogP contribution in [0.2, 0.25) is 5.02 Å². The molecule has 1 aliphatic carbocycles. The molecule has 0 radical (unpaired) electrons. The molecule has 1 aromatic carbocycles. The number of carbonyl (C=O) groups excluding carboxylic acids is 1. The van der Waals surface area contributed by atoms with Crippen LogP contribution in [0.3, 0.4) is 0 Å². The van der Waals surface area contributed by atoms with Crippen molar-refractivity contribution in [2.45, 2.75) is 18.9 Å². The van der Waals surface area contributed by atoms with E-state index in [9.17, 15) is 9.59 Å². The molecular weight excluding hydrogens is 242 g/mol. The first-order valence-electron chi connectivity index (χ1n) is 5.36. The van der Waals surface area contributed by atoms with Gasteiger partial charge in [-0.15, -0.1) is 0 Å². The highest BCUT2D eigenvalue weighted by Gasteiger charge is 2.33. The van der Waals surface area contributed by atoms with Crippen molar-refractivity contribution in [2.75, 3.05) is 0 Å². The van der Waals surface area contributed by atoms with Gasteiger partial charge in [0.1, 0.15) is 0 Å². The van der Waals surface area contributed by atoms with Gasteiger partial charge in [0, 0.05) is 10.9 Å². The SMILES string of the molecule is O=C(NC(C(=O)O)c1cccc(Cl)c1)C1CC1. The zero-order valence-corrected chi connectivity index (χ0v) is 9.78. The summed E-state index contributed by atoms with van der Waals surface area (Å²) >= 11 is 5.80. The van der Waals surface area contributed by atoms with Crippen LogP contribution in [0.15, 0.2) is 24.3 Å². The van der Waals surface area contributed by atoms with Crippen LogP contribution in [-0.4, -0.2) is 17.0 Å². The van der Waals surface area contributed by atoms with E-state index in [-0.39, 0.29) is 11.8 Å². The van der Waals surface area contributed by atoms with Crippen molar-refractivity contribution in [3.8, 4) is 0 Å². The Morgan fingerprint density at radius 1 is 1.41 bits per heavy atom. The Hall–Kier alpha value is -1.55. The fourth-order valence-electron chi connectivity index (χ4n) is 1.58. The molecule has 1 aromatic rings. The largest absolute Gasteiger partial charge is 0.479 e. The number of benzene rings is 1. The first-order chi connectivity index (χ1) is 8.08. The molecule has 0 bridgehead atoms. The molecule has 4 nitrogen and oxygen atoms in total. The number of rotatable bonds is 4. The maximum atomic E-state index is 11.6. The van der Waals surface area contributed by atoms with Crippen molar-refractivity contribution in [1.29, 1.82) is 0 Å². The van der Waals surface area contributed by atoms with E-state index in [0.29, 0.717) is 10.6 Å². The second-order valence-corrected chi connectivity index (χ2v) is 4.55. The fourth-order valence-corrected chi connectivity index (χ4v) is 1.78. The maximum Gasteiger partial charge on any atom is 0.330 e. The second kappa shape index (κ2) is 4.75. The normalized spacial score (nSPS) is 16.3. The summed E-state index contributed by atoms with van der Waals surface area (Å²) < 4.78 is 0. The van der Waals surface area contributed by atoms with Crippen molar-refractivity contribution in [3.63, 3.8) is 0 Å². The van der Waals surface area contributed by atoms with Crippen LogP contribution < -0.4 is 5.32 Å². The minimum absolute atomic E-state index is 0.0176. The molecule has 0 spiro atoms. The second-order valence-electron chi connectivity index (χ2n) is 4.11. The number of aliphatic carboxylic acids is 1.